The Labute approximate surface area is 151 Å². The van der Waals surface area contributed by atoms with Gasteiger partial charge < -0.3 is 14.5 Å². The van der Waals surface area contributed by atoms with Gasteiger partial charge >= 0.3 is 0 Å². The Morgan fingerprint density at radius 2 is 1.92 bits per heavy atom. The summed E-state index contributed by atoms with van der Waals surface area (Å²) in [4.78, 5) is 23.4. The van der Waals surface area contributed by atoms with Gasteiger partial charge in [-0.3, -0.25) is 9.59 Å². The SMILES string of the molecule is CC(=O)c1ccc(OCc2ccc(C(=O)NC3CCS(=O)(=O)C3)o2)cc1. The van der Waals surface area contributed by atoms with Crippen molar-refractivity contribution in [1.82, 2.24) is 5.32 Å². The number of benzene rings is 1. The fourth-order valence-electron chi connectivity index (χ4n) is 2.68. The molecule has 8 heteroatoms. The Morgan fingerprint density at radius 3 is 2.54 bits per heavy atom. The molecule has 7 nitrogen and oxygen atoms in total. The number of Topliss-reactive ketones (excluding diaryl/α,β-unsaturated/α-hetero) is 1. The van der Waals surface area contributed by atoms with Gasteiger partial charge in [0.25, 0.3) is 5.91 Å². The molecule has 0 aliphatic carbocycles. The summed E-state index contributed by atoms with van der Waals surface area (Å²) in [5, 5.41) is 2.67. The molecule has 3 rings (SSSR count). The highest BCUT2D eigenvalue weighted by atomic mass is 32.2. The van der Waals surface area contributed by atoms with Gasteiger partial charge in [-0.25, -0.2) is 8.42 Å². The van der Waals surface area contributed by atoms with Crippen molar-refractivity contribution in [3.05, 3.63) is 53.5 Å². The van der Waals surface area contributed by atoms with Gasteiger partial charge in [0.05, 0.1) is 11.5 Å². The number of nitrogens with one attached hydrogen (secondary N) is 1. The van der Waals surface area contributed by atoms with Gasteiger partial charge in [-0.05, 0) is 49.7 Å². The van der Waals surface area contributed by atoms with Crippen molar-refractivity contribution in [2.24, 2.45) is 0 Å². The highest BCUT2D eigenvalue weighted by Crippen LogP contribution is 2.17. The molecule has 138 valence electrons. The molecule has 0 saturated carbocycles. The highest BCUT2D eigenvalue weighted by Gasteiger charge is 2.29. The molecule has 0 spiro atoms. The van der Waals surface area contributed by atoms with Crippen LogP contribution < -0.4 is 10.1 Å². The van der Waals surface area contributed by atoms with E-state index in [0.717, 1.165) is 0 Å². The van der Waals surface area contributed by atoms with Crippen molar-refractivity contribution < 1.29 is 27.2 Å². The standard InChI is InChI=1S/C18H19NO6S/c1-12(20)13-2-4-15(5-3-13)24-10-16-6-7-17(25-16)18(21)19-14-8-9-26(22,23)11-14/h2-7,14H,8-11H2,1H3,(H,19,21). The lowest BCUT2D eigenvalue weighted by Crippen LogP contribution is -2.35. The highest BCUT2D eigenvalue weighted by molar-refractivity contribution is 7.91. The summed E-state index contributed by atoms with van der Waals surface area (Å²) in [6, 6.07) is 9.50. The van der Waals surface area contributed by atoms with E-state index in [2.05, 4.69) is 5.32 Å². The topological polar surface area (TPSA) is 103 Å². The first kappa shape index (κ1) is 18.2. The van der Waals surface area contributed by atoms with Gasteiger partial charge in [-0.15, -0.1) is 0 Å². The van der Waals surface area contributed by atoms with Gasteiger partial charge in [0.1, 0.15) is 18.1 Å². The van der Waals surface area contributed by atoms with Gasteiger partial charge in [0, 0.05) is 11.6 Å². The minimum atomic E-state index is -3.05. The fourth-order valence-corrected chi connectivity index (χ4v) is 4.36. The van der Waals surface area contributed by atoms with Crippen LogP contribution in [0.4, 0.5) is 0 Å². The van der Waals surface area contributed by atoms with E-state index in [1.807, 2.05) is 0 Å². The van der Waals surface area contributed by atoms with Crippen LogP contribution in [0.2, 0.25) is 0 Å². The van der Waals surface area contributed by atoms with Gasteiger partial charge in [0.2, 0.25) is 0 Å². The first-order valence-corrected chi connectivity index (χ1v) is 9.98. The third kappa shape index (κ3) is 4.51. The summed E-state index contributed by atoms with van der Waals surface area (Å²) in [6.45, 7) is 1.62. The molecule has 26 heavy (non-hydrogen) atoms. The van der Waals surface area contributed by atoms with Gasteiger partial charge in [-0.1, -0.05) is 0 Å². The maximum absolute atomic E-state index is 12.1. The summed E-state index contributed by atoms with van der Waals surface area (Å²) in [7, 11) is -3.05. The molecule has 1 fully saturated rings. The van der Waals surface area contributed by atoms with Crippen molar-refractivity contribution in [2.75, 3.05) is 11.5 Å². The van der Waals surface area contributed by atoms with E-state index < -0.39 is 15.7 Å². The number of sulfone groups is 1. The van der Waals surface area contributed by atoms with E-state index >= 15 is 0 Å². The summed E-state index contributed by atoms with van der Waals surface area (Å²) in [6.07, 6.45) is 0.418. The average molecular weight is 377 g/mol. The number of rotatable bonds is 6. The number of carbonyl (C=O) groups is 2. The second-order valence-corrected chi connectivity index (χ2v) is 8.44. The molecular weight excluding hydrogens is 358 g/mol. The predicted molar refractivity (Wildman–Crippen MR) is 94.0 cm³/mol. The molecule has 1 aliphatic rings. The summed E-state index contributed by atoms with van der Waals surface area (Å²) in [5.41, 5.74) is 0.600. The Morgan fingerprint density at radius 1 is 1.19 bits per heavy atom. The molecule has 1 aliphatic heterocycles. The molecule has 1 amide bonds. The molecule has 1 aromatic heterocycles. The lowest BCUT2D eigenvalue weighted by molar-refractivity contribution is 0.0908. The van der Waals surface area contributed by atoms with Crippen molar-refractivity contribution in [2.45, 2.75) is 26.0 Å². The van der Waals surface area contributed by atoms with Crippen LogP contribution in [0.5, 0.6) is 5.75 Å². The second kappa shape index (κ2) is 7.33. The second-order valence-electron chi connectivity index (χ2n) is 6.21. The summed E-state index contributed by atoms with van der Waals surface area (Å²) >= 11 is 0. The van der Waals surface area contributed by atoms with Crippen LogP contribution in [0.15, 0.2) is 40.8 Å². The Hall–Kier alpha value is -2.61. The largest absolute Gasteiger partial charge is 0.486 e. The van der Waals surface area contributed by atoms with Crippen molar-refractivity contribution >= 4 is 21.5 Å². The van der Waals surface area contributed by atoms with Crippen LogP contribution in [-0.2, 0) is 16.4 Å². The quantitative estimate of drug-likeness (QED) is 0.772. The smallest absolute Gasteiger partial charge is 0.287 e. The number of ketones is 1. The van der Waals surface area contributed by atoms with Crippen LogP contribution in [0, 0.1) is 0 Å². The average Bonchev–Trinajstić information content (AvgIpc) is 3.19. The molecule has 1 unspecified atom stereocenters. The third-order valence-electron chi connectivity index (χ3n) is 4.10. The number of ether oxygens (including phenoxy) is 1. The Bertz CT molecular complexity index is 913. The Kier molecular flexibility index (Phi) is 5.13. The van der Waals surface area contributed by atoms with Crippen molar-refractivity contribution in [3.63, 3.8) is 0 Å². The van der Waals surface area contributed by atoms with Crippen LogP contribution in [-0.4, -0.2) is 37.7 Å². The minimum Gasteiger partial charge on any atom is -0.486 e. The van der Waals surface area contributed by atoms with Crippen LogP contribution >= 0.6 is 0 Å². The molecular formula is C18H19NO6S. The molecule has 1 N–H and O–H groups in total. The molecule has 0 radical (unpaired) electrons. The number of amides is 1. The summed E-state index contributed by atoms with van der Waals surface area (Å²) in [5.74, 6) is 0.749. The van der Waals surface area contributed by atoms with Gasteiger partial charge in [0.15, 0.2) is 21.4 Å². The lowest BCUT2D eigenvalue weighted by atomic mass is 10.1. The minimum absolute atomic E-state index is 0.0201. The van der Waals surface area contributed by atoms with Crippen molar-refractivity contribution in [1.29, 1.82) is 0 Å². The van der Waals surface area contributed by atoms with E-state index in [1.54, 1.807) is 30.3 Å². The molecule has 2 heterocycles. The zero-order valence-corrected chi connectivity index (χ0v) is 15.0. The molecule has 1 atom stereocenters. The molecule has 0 bridgehead atoms. The monoisotopic (exact) mass is 377 g/mol. The van der Waals surface area contributed by atoms with E-state index in [0.29, 0.717) is 23.5 Å². The number of carbonyl (C=O) groups excluding carboxylic acids is 2. The van der Waals surface area contributed by atoms with E-state index in [-0.39, 0.29) is 35.7 Å². The van der Waals surface area contributed by atoms with E-state index in [9.17, 15) is 18.0 Å². The van der Waals surface area contributed by atoms with Crippen LogP contribution in [0.1, 0.15) is 40.0 Å². The van der Waals surface area contributed by atoms with E-state index in [4.69, 9.17) is 9.15 Å². The Balaban J connectivity index is 1.54. The number of furan rings is 1. The fraction of sp³-hybridized carbons (Fsp3) is 0.333. The van der Waals surface area contributed by atoms with Crippen molar-refractivity contribution in [3.8, 4) is 5.75 Å². The summed E-state index contributed by atoms with van der Waals surface area (Å²) < 4.78 is 33.9. The van der Waals surface area contributed by atoms with Crippen LogP contribution in [0.25, 0.3) is 0 Å². The predicted octanol–water partition coefficient (Wildman–Crippen LogP) is 1.98. The zero-order chi connectivity index (χ0) is 18.7. The molecule has 1 aromatic carbocycles. The van der Waals surface area contributed by atoms with Crippen LogP contribution in [0.3, 0.4) is 0 Å². The number of hydrogen-bond acceptors (Lipinski definition) is 6. The maximum atomic E-state index is 12.1. The first-order valence-electron chi connectivity index (χ1n) is 8.16. The van der Waals surface area contributed by atoms with E-state index in [1.165, 1.54) is 13.0 Å². The lowest BCUT2D eigenvalue weighted by Gasteiger charge is -2.09. The molecule has 1 saturated heterocycles. The zero-order valence-electron chi connectivity index (χ0n) is 14.2. The maximum Gasteiger partial charge on any atom is 0.287 e. The normalized spacial score (nSPS) is 18.4. The third-order valence-corrected chi connectivity index (χ3v) is 5.86. The molecule has 2 aromatic rings. The number of hydrogen-bond donors (Lipinski definition) is 1. The van der Waals surface area contributed by atoms with Gasteiger partial charge in [-0.2, -0.15) is 0 Å². The first-order chi connectivity index (χ1) is 12.3.